The summed E-state index contributed by atoms with van der Waals surface area (Å²) >= 11 is 0. The van der Waals surface area contributed by atoms with Crippen molar-refractivity contribution in [2.75, 3.05) is 0 Å². The van der Waals surface area contributed by atoms with Gasteiger partial charge in [-0.2, -0.15) is 0 Å². The Morgan fingerprint density at radius 1 is 1.25 bits per heavy atom. The minimum Gasteiger partial charge on any atom is -0.481 e. The van der Waals surface area contributed by atoms with Gasteiger partial charge >= 0.3 is 18.0 Å². The van der Waals surface area contributed by atoms with Crippen molar-refractivity contribution in [3.8, 4) is 0 Å². The van der Waals surface area contributed by atoms with E-state index in [2.05, 4.69) is 5.32 Å². The second kappa shape index (κ2) is 7.07. The molecule has 0 saturated carbocycles. The van der Waals surface area contributed by atoms with Gasteiger partial charge in [-0.25, -0.2) is 14.0 Å². The molecular formula is C12H13FN2O5. The molecule has 4 N–H and O–H groups in total. The number of nitrogens with one attached hydrogen (secondary N) is 2. The fraction of sp³-hybridized carbons (Fsp3) is 0.250. The number of urea groups is 1. The molecular weight excluding hydrogens is 271 g/mol. The first-order chi connectivity index (χ1) is 9.38. The highest BCUT2D eigenvalue weighted by Gasteiger charge is 2.22. The highest BCUT2D eigenvalue weighted by molar-refractivity contribution is 5.86. The SMILES string of the molecule is O=C(O)CC(NC(=O)NCc1cccc(F)c1)C(=O)O. The summed E-state index contributed by atoms with van der Waals surface area (Å²) < 4.78 is 12.9. The van der Waals surface area contributed by atoms with Crippen molar-refractivity contribution in [1.82, 2.24) is 10.6 Å². The van der Waals surface area contributed by atoms with Gasteiger partial charge in [-0.3, -0.25) is 4.79 Å². The summed E-state index contributed by atoms with van der Waals surface area (Å²) in [4.78, 5) is 32.6. The molecule has 0 spiro atoms. The van der Waals surface area contributed by atoms with E-state index in [4.69, 9.17) is 10.2 Å². The van der Waals surface area contributed by atoms with Crippen molar-refractivity contribution in [2.45, 2.75) is 19.0 Å². The number of rotatable bonds is 6. The van der Waals surface area contributed by atoms with E-state index in [1.807, 2.05) is 5.32 Å². The number of benzene rings is 1. The first-order valence-electron chi connectivity index (χ1n) is 5.62. The average Bonchev–Trinajstić information content (AvgIpc) is 2.35. The van der Waals surface area contributed by atoms with Gasteiger partial charge in [0.1, 0.15) is 11.9 Å². The monoisotopic (exact) mass is 284 g/mol. The zero-order valence-electron chi connectivity index (χ0n) is 10.3. The smallest absolute Gasteiger partial charge is 0.326 e. The Labute approximate surface area is 113 Å². The molecule has 7 nitrogen and oxygen atoms in total. The van der Waals surface area contributed by atoms with E-state index < -0.39 is 36.2 Å². The summed E-state index contributed by atoms with van der Waals surface area (Å²) in [6, 6.07) is 3.13. The highest BCUT2D eigenvalue weighted by atomic mass is 19.1. The van der Waals surface area contributed by atoms with Crippen molar-refractivity contribution in [1.29, 1.82) is 0 Å². The zero-order chi connectivity index (χ0) is 15.1. The van der Waals surface area contributed by atoms with Crippen molar-refractivity contribution < 1.29 is 29.0 Å². The highest BCUT2D eigenvalue weighted by Crippen LogP contribution is 2.02. The minimum absolute atomic E-state index is 0.0109. The fourth-order valence-corrected chi connectivity index (χ4v) is 1.41. The second-order valence-electron chi connectivity index (χ2n) is 3.95. The molecule has 0 fully saturated rings. The van der Waals surface area contributed by atoms with E-state index in [1.54, 1.807) is 6.07 Å². The number of hydrogen-bond acceptors (Lipinski definition) is 3. The van der Waals surface area contributed by atoms with Crippen molar-refractivity contribution in [3.05, 3.63) is 35.6 Å². The lowest BCUT2D eigenvalue weighted by Crippen LogP contribution is -2.46. The summed E-state index contributed by atoms with van der Waals surface area (Å²) in [6.07, 6.45) is -0.733. The molecule has 0 aliphatic rings. The fourth-order valence-electron chi connectivity index (χ4n) is 1.41. The first-order valence-corrected chi connectivity index (χ1v) is 5.62. The Hall–Kier alpha value is -2.64. The van der Waals surface area contributed by atoms with E-state index in [0.29, 0.717) is 5.56 Å². The van der Waals surface area contributed by atoms with Crippen LogP contribution in [0.2, 0.25) is 0 Å². The molecule has 0 aromatic heterocycles. The number of carboxylic acid groups (broad SMARTS) is 2. The summed E-state index contributed by atoms with van der Waals surface area (Å²) in [5.41, 5.74) is 0.491. The third-order valence-electron chi connectivity index (χ3n) is 2.32. The number of hydrogen-bond donors (Lipinski definition) is 4. The summed E-state index contributed by atoms with van der Waals surface area (Å²) in [7, 11) is 0. The Morgan fingerprint density at radius 3 is 2.50 bits per heavy atom. The number of halogens is 1. The van der Waals surface area contributed by atoms with Crippen LogP contribution in [0.15, 0.2) is 24.3 Å². The molecule has 20 heavy (non-hydrogen) atoms. The van der Waals surface area contributed by atoms with Crippen LogP contribution in [0.1, 0.15) is 12.0 Å². The molecule has 1 rings (SSSR count). The topological polar surface area (TPSA) is 116 Å². The quantitative estimate of drug-likeness (QED) is 0.609. The summed E-state index contributed by atoms with van der Waals surface area (Å²) in [5.74, 6) is -3.25. The summed E-state index contributed by atoms with van der Waals surface area (Å²) in [5, 5.41) is 21.6. The van der Waals surface area contributed by atoms with Gasteiger partial charge in [-0.15, -0.1) is 0 Å². The Balaban J connectivity index is 2.49. The van der Waals surface area contributed by atoms with E-state index in [1.165, 1.54) is 18.2 Å². The van der Waals surface area contributed by atoms with Crippen molar-refractivity contribution >= 4 is 18.0 Å². The van der Waals surface area contributed by atoms with Gasteiger partial charge in [0.15, 0.2) is 0 Å². The molecule has 0 heterocycles. The van der Waals surface area contributed by atoms with Gasteiger partial charge in [0.25, 0.3) is 0 Å². The standard InChI is InChI=1S/C12H13FN2O5/c13-8-3-1-2-7(4-8)6-14-12(20)15-9(11(18)19)5-10(16)17/h1-4,9H,5-6H2,(H,16,17)(H,18,19)(H2,14,15,20). The number of aliphatic carboxylic acids is 2. The Kier molecular flexibility index (Phi) is 5.45. The normalized spacial score (nSPS) is 11.4. The molecule has 0 radical (unpaired) electrons. The van der Waals surface area contributed by atoms with Gasteiger partial charge in [-0.05, 0) is 17.7 Å². The van der Waals surface area contributed by atoms with Gasteiger partial charge in [0.2, 0.25) is 0 Å². The third-order valence-corrected chi connectivity index (χ3v) is 2.32. The van der Waals surface area contributed by atoms with Crippen molar-refractivity contribution in [2.24, 2.45) is 0 Å². The van der Waals surface area contributed by atoms with E-state index in [9.17, 15) is 18.8 Å². The van der Waals surface area contributed by atoms with Crippen LogP contribution in [0.3, 0.4) is 0 Å². The van der Waals surface area contributed by atoms with Gasteiger partial charge in [0, 0.05) is 6.54 Å². The largest absolute Gasteiger partial charge is 0.481 e. The molecule has 1 aromatic carbocycles. The van der Waals surface area contributed by atoms with Crippen LogP contribution < -0.4 is 10.6 Å². The van der Waals surface area contributed by atoms with Crippen molar-refractivity contribution in [3.63, 3.8) is 0 Å². The van der Waals surface area contributed by atoms with Crippen LogP contribution in [-0.2, 0) is 16.1 Å². The van der Waals surface area contributed by atoms with Gasteiger partial charge in [-0.1, -0.05) is 12.1 Å². The molecule has 8 heteroatoms. The molecule has 0 aliphatic heterocycles. The molecule has 0 bridgehead atoms. The van der Waals surface area contributed by atoms with Crippen LogP contribution in [0.25, 0.3) is 0 Å². The predicted octanol–water partition coefficient (Wildman–Crippen LogP) is 0.553. The lowest BCUT2D eigenvalue weighted by atomic mass is 10.2. The number of carbonyl (C=O) groups excluding carboxylic acids is 1. The average molecular weight is 284 g/mol. The Morgan fingerprint density at radius 2 is 1.95 bits per heavy atom. The minimum atomic E-state index is -1.53. The predicted molar refractivity (Wildman–Crippen MR) is 65.4 cm³/mol. The molecule has 2 amide bonds. The summed E-state index contributed by atoms with van der Waals surface area (Å²) in [6.45, 7) is -0.0109. The van der Waals surface area contributed by atoms with Crippen LogP contribution in [0.5, 0.6) is 0 Å². The van der Waals surface area contributed by atoms with E-state index in [0.717, 1.165) is 0 Å². The van der Waals surface area contributed by atoms with E-state index in [-0.39, 0.29) is 6.54 Å². The maximum absolute atomic E-state index is 12.9. The maximum Gasteiger partial charge on any atom is 0.326 e. The zero-order valence-corrected chi connectivity index (χ0v) is 10.3. The Bertz CT molecular complexity index is 520. The number of carboxylic acids is 2. The second-order valence-corrected chi connectivity index (χ2v) is 3.95. The maximum atomic E-state index is 12.9. The van der Waals surface area contributed by atoms with Gasteiger partial charge < -0.3 is 20.8 Å². The van der Waals surface area contributed by atoms with Crippen LogP contribution >= 0.6 is 0 Å². The molecule has 0 aliphatic carbocycles. The third kappa shape index (κ3) is 5.34. The lowest BCUT2D eigenvalue weighted by molar-refractivity contribution is -0.145. The van der Waals surface area contributed by atoms with Crippen LogP contribution in [0.4, 0.5) is 9.18 Å². The molecule has 1 atom stereocenters. The number of amides is 2. The first kappa shape index (κ1) is 15.4. The number of carbonyl (C=O) groups is 3. The van der Waals surface area contributed by atoms with E-state index >= 15 is 0 Å². The molecule has 1 unspecified atom stereocenters. The van der Waals surface area contributed by atoms with Gasteiger partial charge in [0.05, 0.1) is 6.42 Å². The van der Waals surface area contributed by atoms with Crippen LogP contribution in [0, 0.1) is 5.82 Å². The molecule has 108 valence electrons. The van der Waals surface area contributed by atoms with Crippen LogP contribution in [-0.4, -0.2) is 34.2 Å². The molecule has 1 aromatic rings. The molecule has 0 saturated heterocycles. The lowest BCUT2D eigenvalue weighted by Gasteiger charge is -2.13.